The van der Waals surface area contributed by atoms with Gasteiger partial charge < -0.3 is 25.2 Å². The Morgan fingerprint density at radius 1 is 0.903 bits per heavy atom. The molecular weight excluding hydrogens is 400 g/mol. The second-order valence-corrected chi connectivity index (χ2v) is 7.40. The van der Waals surface area contributed by atoms with Crippen molar-refractivity contribution in [3.8, 4) is 0 Å². The summed E-state index contributed by atoms with van der Waals surface area (Å²) in [5, 5.41) is 14.2. The number of carboxylic acid groups (broad SMARTS) is 1. The normalized spacial score (nSPS) is 12.6. The van der Waals surface area contributed by atoms with Crippen LogP contribution >= 0.6 is 0 Å². The number of hydrogen-bond acceptors (Lipinski definition) is 5. The lowest BCUT2D eigenvalue weighted by Gasteiger charge is -2.22. The van der Waals surface area contributed by atoms with Crippen LogP contribution < -0.4 is 10.6 Å². The molecule has 0 fully saturated rings. The number of amides is 2. The van der Waals surface area contributed by atoms with Gasteiger partial charge in [-0.2, -0.15) is 0 Å². The molecule has 0 saturated carbocycles. The molecular formula is C23H28N2O6. The van der Waals surface area contributed by atoms with Crippen molar-refractivity contribution in [3.05, 3.63) is 71.8 Å². The van der Waals surface area contributed by atoms with Crippen molar-refractivity contribution in [2.45, 2.75) is 39.1 Å². The molecule has 8 nitrogen and oxygen atoms in total. The van der Waals surface area contributed by atoms with E-state index in [0.717, 1.165) is 11.1 Å². The fraction of sp³-hybridized carbons (Fsp3) is 0.348. The Bertz CT molecular complexity index is 842. The lowest BCUT2D eigenvalue weighted by atomic mass is 10.1. The number of carbonyl (C=O) groups excluding carboxylic acids is 2. The van der Waals surface area contributed by atoms with Crippen LogP contribution in [0.2, 0.25) is 0 Å². The monoisotopic (exact) mass is 428 g/mol. The van der Waals surface area contributed by atoms with Crippen LogP contribution in [-0.4, -0.2) is 42.0 Å². The van der Waals surface area contributed by atoms with Crippen molar-refractivity contribution < 1.29 is 29.0 Å². The Labute approximate surface area is 181 Å². The van der Waals surface area contributed by atoms with E-state index in [1.165, 1.54) is 0 Å². The minimum Gasteiger partial charge on any atom is -0.478 e. The Morgan fingerprint density at radius 3 is 2.03 bits per heavy atom. The van der Waals surface area contributed by atoms with Crippen LogP contribution in [0.4, 0.5) is 4.79 Å². The maximum atomic E-state index is 12.8. The molecule has 8 heteroatoms. The van der Waals surface area contributed by atoms with Gasteiger partial charge in [-0.25, -0.2) is 9.59 Å². The summed E-state index contributed by atoms with van der Waals surface area (Å²) in [7, 11) is 0. The first-order chi connectivity index (χ1) is 14.8. The van der Waals surface area contributed by atoms with Crippen molar-refractivity contribution in [1.82, 2.24) is 10.6 Å². The molecule has 2 rings (SSSR count). The molecule has 3 N–H and O–H groups in total. The zero-order valence-corrected chi connectivity index (χ0v) is 17.6. The number of hydrogen-bond donors (Lipinski definition) is 3. The van der Waals surface area contributed by atoms with Crippen LogP contribution in [0.5, 0.6) is 0 Å². The van der Waals surface area contributed by atoms with Crippen molar-refractivity contribution in [2.24, 2.45) is 5.92 Å². The summed E-state index contributed by atoms with van der Waals surface area (Å²) in [6.45, 7) is 3.93. The zero-order chi connectivity index (χ0) is 22.6. The third kappa shape index (κ3) is 8.88. The van der Waals surface area contributed by atoms with Gasteiger partial charge in [-0.3, -0.25) is 4.79 Å². The fourth-order valence-electron chi connectivity index (χ4n) is 2.66. The van der Waals surface area contributed by atoms with Crippen LogP contribution in [0.3, 0.4) is 0 Å². The number of benzene rings is 2. The van der Waals surface area contributed by atoms with Gasteiger partial charge in [0.2, 0.25) is 12.1 Å². The van der Waals surface area contributed by atoms with Gasteiger partial charge in [-0.05, 0) is 17.0 Å². The van der Waals surface area contributed by atoms with Crippen molar-refractivity contribution >= 4 is 18.0 Å². The van der Waals surface area contributed by atoms with Gasteiger partial charge in [0.1, 0.15) is 12.6 Å². The van der Waals surface area contributed by atoms with Crippen molar-refractivity contribution in [3.63, 3.8) is 0 Å². The summed E-state index contributed by atoms with van der Waals surface area (Å²) in [6, 6.07) is 17.1. The van der Waals surface area contributed by atoms with E-state index < -0.39 is 30.2 Å². The van der Waals surface area contributed by atoms with E-state index in [1.54, 1.807) is 12.1 Å². The third-order valence-corrected chi connectivity index (χ3v) is 4.20. The molecule has 0 heterocycles. The highest BCUT2D eigenvalue weighted by molar-refractivity contribution is 5.89. The van der Waals surface area contributed by atoms with Gasteiger partial charge in [0.15, 0.2) is 0 Å². The second-order valence-electron chi connectivity index (χ2n) is 7.40. The van der Waals surface area contributed by atoms with Gasteiger partial charge in [-0.15, -0.1) is 0 Å². The maximum Gasteiger partial charge on any atom is 0.408 e. The summed E-state index contributed by atoms with van der Waals surface area (Å²) in [4.78, 5) is 36.5. The second kappa shape index (κ2) is 12.3. The molecule has 166 valence electrons. The van der Waals surface area contributed by atoms with Crippen LogP contribution in [0, 0.1) is 5.92 Å². The highest BCUT2D eigenvalue weighted by Gasteiger charge is 2.28. The highest BCUT2D eigenvalue weighted by Crippen LogP contribution is 2.06. The average molecular weight is 428 g/mol. The largest absolute Gasteiger partial charge is 0.478 e. The zero-order valence-electron chi connectivity index (χ0n) is 17.6. The number of ether oxygens (including phenoxy) is 2. The average Bonchev–Trinajstić information content (AvgIpc) is 2.75. The van der Waals surface area contributed by atoms with Gasteiger partial charge in [0, 0.05) is 6.42 Å². The standard InChI is InChI=1S/C23H28N2O6/c1-16(2)14-30-21(22(27)28)25-20(26)19(13-17-9-5-3-6-10-17)24-23(29)31-15-18-11-7-4-8-12-18/h3-12,16,19,21H,13-15H2,1-2H3,(H,24,29)(H,25,26)(H,27,28)/t19-,21?/m0/s1. The Kier molecular flexibility index (Phi) is 9.51. The molecule has 2 aromatic carbocycles. The van der Waals surface area contributed by atoms with Crippen LogP contribution in [0.15, 0.2) is 60.7 Å². The molecule has 0 saturated heterocycles. The number of carboxylic acids is 1. The van der Waals surface area contributed by atoms with Crippen molar-refractivity contribution in [2.75, 3.05) is 6.61 Å². The number of carbonyl (C=O) groups is 3. The molecule has 2 aromatic rings. The summed E-state index contributed by atoms with van der Waals surface area (Å²) < 4.78 is 10.5. The summed E-state index contributed by atoms with van der Waals surface area (Å²) >= 11 is 0. The van der Waals surface area contributed by atoms with E-state index in [9.17, 15) is 19.5 Å². The Morgan fingerprint density at radius 2 is 1.48 bits per heavy atom. The predicted molar refractivity (Wildman–Crippen MR) is 114 cm³/mol. The molecule has 1 unspecified atom stereocenters. The molecule has 2 atom stereocenters. The van der Waals surface area contributed by atoms with E-state index >= 15 is 0 Å². The number of aliphatic carboxylic acids is 1. The Balaban J connectivity index is 2.04. The van der Waals surface area contributed by atoms with E-state index in [0.29, 0.717) is 0 Å². The topological polar surface area (TPSA) is 114 Å². The minimum absolute atomic E-state index is 0.0433. The molecule has 0 aromatic heterocycles. The SMILES string of the molecule is CC(C)COC(NC(=O)[C@H](Cc1ccccc1)NC(=O)OCc1ccccc1)C(=O)O. The quantitative estimate of drug-likeness (QED) is 0.474. The lowest BCUT2D eigenvalue weighted by Crippen LogP contribution is -2.53. The first-order valence-corrected chi connectivity index (χ1v) is 10.0. The summed E-state index contributed by atoms with van der Waals surface area (Å²) in [5.41, 5.74) is 1.59. The van der Waals surface area contributed by atoms with E-state index in [2.05, 4.69) is 10.6 Å². The molecule has 0 radical (unpaired) electrons. The molecule has 31 heavy (non-hydrogen) atoms. The fourth-order valence-corrected chi connectivity index (χ4v) is 2.66. The predicted octanol–water partition coefficient (Wildman–Crippen LogP) is 2.72. The van der Waals surface area contributed by atoms with Crippen LogP contribution in [-0.2, 0) is 32.1 Å². The summed E-state index contributed by atoms with van der Waals surface area (Å²) in [6.07, 6.45) is -2.14. The van der Waals surface area contributed by atoms with Crippen LogP contribution in [0.25, 0.3) is 0 Å². The highest BCUT2D eigenvalue weighted by atomic mass is 16.5. The molecule has 0 aliphatic rings. The van der Waals surface area contributed by atoms with E-state index in [1.807, 2.05) is 62.4 Å². The van der Waals surface area contributed by atoms with Gasteiger partial charge in [0.05, 0.1) is 6.61 Å². The first-order valence-electron chi connectivity index (χ1n) is 10.0. The third-order valence-electron chi connectivity index (χ3n) is 4.20. The Hall–Kier alpha value is -3.39. The number of alkyl carbamates (subject to hydrolysis) is 1. The number of nitrogens with one attached hydrogen (secondary N) is 2. The van der Waals surface area contributed by atoms with Gasteiger partial charge in [-0.1, -0.05) is 74.5 Å². The smallest absolute Gasteiger partial charge is 0.408 e. The molecule has 0 aliphatic heterocycles. The molecule has 2 amide bonds. The molecule has 0 bridgehead atoms. The van der Waals surface area contributed by atoms with Gasteiger partial charge in [0.25, 0.3) is 0 Å². The maximum absolute atomic E-state index is 12.8. The lowest BCUT2D eigenvalue weighted by molar-refractivity contribution is -0.156. The minimum atomic E-state index is -1.52. The van der Waals surface area contributed by atoms with Crippen molar-refractivity contribution in [1.29, 1.82) is 0 Å². The number of rotatable bonds is 11. The van der Waals surface area contributed by atoms with E-state index in [-0.39, 0.29) is 25.6 Å². The van der Waals surface area contributed by atoms with Crippen LogP contribution in [0.1, 0.15) is 25.0 Å². The first kappa shape index (κ1) is 23.9. The van der Waals surface area contributed by atoms with E-state index in [4.69, 9.17) is 9.47 Å². The molecule has 0 aliphatic carbocycles. The van der Waals surface area contributed by atoms with Gasteiger partial charge >= 0.3 is 12.1 Å². The summed E-state index contributed by atoms with van der Waals surface area (Å²) in [5.74, 6) is -1.92. The molecule has 0 spiro atoms.